The lowest BCUT2D eigenvalue weighted by Crippen LogP contribution is -2.30. The number of benzene rings is 2. The molecule has 128 valence electrons. The number of carbonyl (C=O) groups is 1. The fourth-order valence-electron chi connectivity index (χ4n) is 1.99. The van der Waals surface area contributed by atoms with E-state index in [9.17, 15) is 13.2 Å². The molecule has 24 heavy (non-hydrogen) atoms. The maximum absolute atomic E-state index is 12.1. The topological polar surface area (TPSA) is 75.3 Å². The van der Waals surface area contributed by atoms with Crippen molar-refractivity contribution < 1.29 is 13.2 Å². The summed E-state index contributed by atoms with van der Waals surface area (Å²) in [6.45, 7) is 2.48. The molecule has 2 N–H and O–H groups in total. The molecule has 0 spiro atoms. The molecule has 0 unspecified atom stereocenters. The van der Waals surface area contributed by atoms with Crippen LogP contribution in [-0.4, -0.2) is 20.9 Å². The zero-order valence-electron chi connectivity index (χ0n) is 13.3. The van der Waals surface area contributed by atoms with Crippen molar-refractivity contribution in [3.8, 4) is 0 Å². The van der Waals surface area contributed by atoms with E-state index in [4.69, 9.17) is 0 Å². The maximum Gasteiger partial charge on any atom is 0.240 e. The van der Waals surface area contributed by atoms with Gasteiger partial charge in [0, 0.05) is 24.0 Å². The van der Waals surface area contributed by atoms with Gasteiger partial charge in [0.1, 0.15) is 0 Å². The highest BCUT2D eigenvalue weighted by Gasteiger charge is 2.13. The third kappa shape index (κ3) is 5.74. The molecule has 0 aliphatic carbocycles. The third-order valence-corrected chi connectivity index (χ3v) is 5.38. The zero-order chi connectivity index (χ0) is 17.6. The Bertz CT molecular complexity index is 788. The predicted octanol–water partition coefficient (Wildman–Crippen LogP) is 2.74. The molecule has 2 aromatic rings. The Kier molecular flexibility index (Phi) is 6.53. The van der Waals surface area contributed by atoms with Gasteiger partial charge in [0.2, 0.25) is 15.9 Å². The van der Waals surface area contributed by atoms with Crippen LogP contribution in [0.3, 0.4) is 0 Å². The molecule has 7 heteroatoms. The monoisotopic (exact) mass is 410 g/mol. The summed E-state index contributed by atoms with van der Waals surface area (Å²) in [7, 11) is -3.60. The normalized spacial score (nSPS) is 11.2. The van der Waals surface area contributed by atoms with Crippen LogP contribution in [0.2, 0.25) is 0 Å². The van der Waals surface area contributed by atoms with Gasteiger partial charge in [-0.15, -0.1) is 0 Å². The van der Waals surface area contributed by atoms with Crippen molar-refractivity contribution >= 4 is 31.9 Å². The van der Waals surface area contributed by atoms with Crippen molar-refractivity contribution in [3.05, 3.63) is 64.1 Å². The first-order valence-electron chi connectivity index (χ1n) is 7.44. The molecule has 0 saturated heterocycles. The minimum absolute atomic E-state index is 0.0537. The second-order valence-electron chi connectivity index (χ2n) is 5.36. The smallest absolute Gasteiger partial charge is 0.240 e. The summed E-state index contributed by atoms with van der Waals surface area (Å²) >= 11 is 3.26. The fraction of sp³-hybridized carbons (Fsp3) is 0.235. The Morgan fingerprint density at radius 3 is 2.29 bits per heavy atom. The van der Waals surface area contributed by atoms with Gasteiger partial charge >= 0.3 is 0 Å². The molecule has 0 aromatic heterocycles. The van der Waals surface area contributed by atoms with Crippen LogP contribution in [0.4, 0.5) is 0 Å². The number of sulfonamides is 1. The zero-order valence-corrected chi connectivity index (χ0v) is 15.7. The number of amides is 1. The number of nitrogens with one attached hydrogen (secondary N) is 2. The number of hydrogen-bond acceptors (Lipinski definition) is 3. The molecule has 0 aliphatic heterocycles. The highest BCUT2D eigenvalue weighted by Crippen LogP contribution is 2.14. The van der Waals surface area contributed by atoms with Crippen LogP contribution in [-0.2, 0) is 21.4 Å². The lowest BCUT2D eigenvalue weighted by Gasteiger charge is -2.08. The number of aryl methyl sites for hydroxylation is 1. The molecule has 2 aromatic carbocycles. The van der Waals surface area contributed by atoms with Crippen LogP contribution < -0.4 is 10.0 Å². The second kappa shape index (κ2) is 8.41. The molecule has 2 rings (SSSR count). The lowest BCUT2D eigenvalue weighted by molar-refractivity contribution is -0.121. The Balaban J connectivity index is 1.77. The lowest BCUT2D eigenvalue weighted by atomic mass is 10.1. The summed E-state index contributed by atoms with van der Waals surface area (Å²) in [4.78, 5) is 12.0. The Labute approximate surface area is 150 Å². The van der Waals surface area contributed by atoms with Crippen molar-refractivity contribution in [2.24, 2.45) is 0 Å². The van der Waals surface area contributed by atoms with E-state index in [2.05, 4.69) is 26.0 Å². The first-order valence-corrected chi connectivity index (χ1v) is 9.72. The van der Waals surface area contributed by atoms with Gasteiger partial charge < -0.3 is 5.32 Å². The van der Waals surface area contributed by atoms with E-state index in [0.29, 0.717) is 6.54 Å². The number of rotatable bonds is 7. The van der Waals surface area contributed by atoms with Crippen LogP contribution >= 0.6 is 15.9 Å². The Morgan fingerprint density at radius 2 is 1.67 bits per heavy atom. The Hall–Kier alpha value is -1.70. The molecule has 0 aliphatic rings. The summed E-state index contributed by atoms with van der Waals surface area (Å²) in [6.07, 6.45) is 0.0849. The molecule has 0 atom stereocenters. The van der Waals surface area contributed by atoms with Crippen LogP contribution in [0, 0.1) is 6.92 Å². The summed E-state index contributed by atoms with van der Waals surface area (Å²) < 4.78 is 27.4. The van der Waals surface area contributed by atoms with E-state index in [1.807, 2.05) is 31.2 Å². The largest absolute Gasteiger partial charge is 0.352 e. The number of halogens is 1. The van der Waals surface area contributed by atoms with Gasteiger partial charge in [-0.05, 0) is 36.8 Å². The van der Waals surface area contributed by atoms with E-state index < -0.39 is 10.0 Å². The van der Waals surface area contributed by atoms with E-state index in [0.717, 1.165) is 15.6 Å². The van der Waals surface area contributed by atoms with Gasteiger partial charge in [0.15, 0.2) is 0 Å². The predicted molar refractivity (Wildman–Crippen MR) is 97.0 cm³/mol. The molecular formula is C17H19BrN2O3S. The highest BCUT2D eigenvalue weighted by molar-refractivity contribution is 9.10. The minimum Gasteiger partial charge on any atom is -0.352 e. The van der Waals surface area contributed by atoms with Gasteiger partial charge in [-0.1, -0.05) is 45.8 Å². The molecule has 5 nitrogen and oxygen atoms in total. The summed E-state index contributed by atoms with van der Waals surface area (Å²) in [5.74, 6) is -0.200. The minimum atomic E-state index is -3.60. The van der Waals surface area contributed by atoms with E-state index in [1.165, 1.54) is 12.1 Å². The summed E-state index contributed by atoms with van der Waals surface area (Å²) in [5.41, 5.74) is 2.16. The Morgan fingerprint density at radius 1 is 1.04 bits per heavy atom. The highest BCUT2D eigenvalue weighted by atomic mass is 79.9. The van der Waals surface area contributed by atoms with Gasteiger partial charge in [-0.3, -0.25) is 4.79 Å². The molecule has 0 saturated carbocycles. The average molecular weight is 411 g/mol. The van der Waals surface area contributed by atoms with Crippen LogP contribution in [0.5, 0.6) is 0 Å². The molecule has 0 bridgehead atoms. The summed E-state index contributed by atoms with van der Waals surface area (Å²) in [6, 6.07) is 14.2. The van der Waals surface area contributed by atoms with Gasteiger partial charge in [-0.25, -0.2) is 13.1 Å². The van der Waals surface area contributed by atoms with Gasteiger partial charge in [-0.2, -0.15) is 0 Å². The molecule has 0 heterocycles. The summed E-state index contributed by atoms with van der Waals surface area (Å²) in [5, 5.41) is 2.77. The molecule has 0 radical (unpaired) electrons. The SMILES string of the molecule is Cc1ccc(CNC(=O)CCNS(=O)(=O)c2ccc(Br)cc2)cc1. The van der Waals surface area contributed by atoms with Crippen LogP contribution in [0.15, 0.2) is 57.9 Å². The van der Waals surface area contributed by atoms with Gasteiger partial charge in [0.25, 0.3) is 0 Å². The first kappa shape index (κ1) is 18.6. The molecular weight excluding hydrogens is 392 g/mol. The van der Waals surface area contributed by atoms with Crippen molar-refractivity contribution in [2.45, 2.75) is 24.8 Å². The number of carbonyl (C=O) groups excluding carboxylic acids is 1. The van der Waals surface area contributed by atoms with Crippen molar-refractivity contribution in [1.29, 1.82) is 0 Å². The van der Waals surface area contributed by atoms with Crippen molar-refractivity contribution in [1.82, 2.24) is 10.0 Å². The standard InChI is InChI=1S/C17H19BrN2O3S/c1-13-2-4-14(5-3-13)12-19-17(21)10-11-20-24(22,23)16-8-6-15(18)7-9-16/h2-9,20H,10-12H2,1H3,(H,19,21). The average Bonchev–Trinajstić information content (AvgIpc) is 2.54. The third-order valence-electron chi connectivity index (χ3n) is 3.38. The van der Waals surface area contributed by atoms with Crippen molar-refractivity contribution in [3.63, 3.8) is 0 Å². The van der Waals surface area contributed by atoms with E-state index in [-0.39, 0.29) is 23.8 Å². The first-order chi connectivity index (χ1) is 11.4. The van der Waals surface area contributed by atoms with Gasteiger partial charge in [0.05, 0.1) is 4.90 Å². The molecule has 0 fully saturated rings. The fourth-order valence-corrected chi connectivity index (χ4v) is 3.29. The quantitative estimate of drug-likeness (QED) is 0.736. The van der Waals surface area contributed by atoms with E-state index >= 15 is 0 Å². The van der Waals surface area contributed by atoms with Crippen LogP contribution in [0.1, 0.15) is 17.5 Å². The molecule has 1 amide bonds. The van der Waals surface area contributed by atoms with E-state index in [1.54, 1.807) is 12.1 Å². The second-order valence-corrected chi connectivity index (χ2v) is 8.05. The van der Waals surface area contributed by atoms with Crippen molar-refractivity contribution in [2.75, 3.05) is 6.54 Å². The van der Waals surface area contributed by atoms with Crippen LogP contribution in [0.25, 0.3) is 0 Å². The maximum atomic E-state index is 12.1. The number of hydrogen-bond donors (Lipinski definition) is 2.